The number of aromatic nitrogens is 2. The first-order valence-electron chi connectivity index (χ1n) is 9.35. The molecule has 1 heterocycles. The summed E-state index contributed by atoms with van der Waals surface area (Å²) in [6.07, 6.45) is 2.41. The number of nitrogens with one attached hydrogen (secondary N) is 1. The van der Waals surface area contributed by atoms with E-state index in [-0.39, 0.29) is 11.4 Å². The summed E-state index contributed by atoms with van der Waals surface area (Å²) in [6.45, 7) is 4.51. The van der Waals surface area contributed by atoms with E-state index in [0.29, 0.717) is 28.5 Å². The number of H-pyrrole nitrogens is 1. The Balaban J connectivity index is 1.87. The van der Waals surface area contributed by atoms with E-state index in [1.54, 1.807) is 12.1 Å². The summed E-state index contributed by atoms with van der Waals surface area (Å²) in [7, 11) is 0. The molecular weight excluding hydrogens is 377 g/mol. The lowest BCUT2D eigenvalue weighted by Gasteiger charge is -2.02. The standard InChI is InChI=1S/C22H23ClFN3O/c1-3-4-20-21(15(2)25-14-13-16-5-7-17(23)8-6-16)22(28)27(26-20)19-11-9-18(24)10-12-19/h5-12,26H,3-4,13-14H2,1-2H3. The van der Waals surface area contributed by atoms with Crippen molar-refractivity contribution in [3.05, 3.63) is 86.5 Å². The molecule has 1 N–H and O–H groups in total. The van der Waals surface area contributed by atoms with Crippen molar-refractivity contribution in [3.8, 4) is 5.69 Å². The highest BCUT2D eigenvalue weighted by Crippen LogP contribution is 2.13. The van der Waals surface area contributed by atoms with Crippen LogP contribution in [-0.2, 0) is 12.8 Å². The number of aromatic amines is 1. The predicted octanol–water partition coefficient (Wildman–Crippen LogP) is 4.96. The number of hydrogen-bond donors (Lipinski definition) is 1. The Kier molecular flexibility index (Phi) is 6.47. The van der Waals surface area contributed by atoms with E-state index < -0.39 is 0 Å². The second-order valence-electron chi connectivity index (χ2n) is 6.68. The molecule has 3 rings (SSSR count). The van der Waals surface area contributed by atoms with Gasteiger partial charge in [0.1, 0.15) is 5.82 Å². The van der Waals surface area contributed by atoms with E-state index >= 15 is 0 Å². The van der Waals surface area contributed by atoms with E-state index in [1.807, 2.05) is 31.2 Å². The van der Waals surface area contributed by atoms with Gasteiger partial charge in [0.2, 0.25) is 0 Å². The molecule has 0 saturated carbocycles. The van der Waals surface area contributed by atoms with Gasteiger partial charge >= 0.3 is 0 Å². The van der Waals surface area contributed by atoms with Crippen LogP contribution in [-0.4, -0.2) is 22.0 Å². The van der Waals surface area contributed by atoms with Gasteiger partial charge in [-0.2, -0.15) is 0 Å². The third-order valence-electron chi connectivity index (χ3n) is 4.57. The maximum atomic E-state index is 13.2. The van der Waals surface area contributed by atoms with Crippen LogP contribution >= 0.6 is 11.6 Å². The van der Waals surface area contributed by atoms with Gasteiger partial charge in [-0.15, -0.1) is 0 Å². The number of benzene rings is 2. The van der Waals surface area contributed by atoms with Crippen molar-refractivity contribution in [1.29, 1.82) is 0 Å². The van der Waals surface area contributed by atoms with Crippen molar-refractivity contribution in [1.82, 2.24) is 9.78 Å². The minimum Gasteiger partial charge on any atom is -0.294 e. The molecule has 2 aromatic carbocycles. The molecule has 0 radical (unpaired) electrons. The van der Waals surface area contributed by atoms with Crippen LogP contribution in [0.1, 0.15) is 37.1 Å². The van der Waals surface area contributed by atoms with Gasteiger partial charge in [-0.05, 0) is 61.7 Å². The van der Waals surface area contributed by atoms with Crippen LogP contribution in [0.5, 0.6) is 0 Å². The molecule has 0 aliphatic rings. The first-order valence-corrected chi connectivity index (χ1v) is 9.73. The molecule has 146 valence electrons. The van der Waals surface area contributed by atoms with E-state index in [0.717, 1.165) is 30.5 Å². The zero-order valence-electron chi connectivity index (χ0n) is 16.0. The molecule has 0 bridgehead atoms. The predicted molar refractivity (Wildman–Crippen MR) is 113 cm³/mol. The average molecular weight is 400 g/mol. The van der Waals surface area contributed by atoms with Gasteiger partial charge in [0, 0.05) is 23.0 Å². The van der Waals surface area contributed by atoms with Crippen molar-refractivity contribution < 1.29 is 4.39 Å². The Morgan fingerprint density at radius 2 is 1.79 bits per heavy atom. The van der Waals surface area contributed by atoms with Gasteiger partial charge in [0.05, 0.1) is 11.3 Å². The van der Waals surface area contributed by atoms with Gasteiger partial charge in [0.25, 0.3) is 5.56 Å². The van der Waals surface area contributed by atoms with Crippen LogP contribution in [0.25, 0.3) is 5.69 Å². The maximum absolute atomic E-state index is 13.2. The average Bonchev–Trinajstić information content (AvgIpc) is 3.00. The second kappa shape index (κ2) is 9.02. The van der Waals surface area contributed by atoms with Crippen LogP contribution in [0.2, 0.25) is 5.02 Å². The third kappa shape index (κ3) is 4.60. The van der Waals surface area contributed by atoms with Crippen LogP contribution < -0.4 is 5.56 Å². The zero-order valence-corrected chi connectivity index (χ0v) is 16.8. The Morgan fingerprint density at radius 1 is 1.11 bits per heavy atom. The van der Waals surface area contributed by atoms with Crippen molar-refractivity contribution >= 4 is 17.3 Å². The van der Waals surface area contributed by atoms with E-state index in [4.69, 9.17) is 11.6 Å². The lowest BCUT2D eigenvalue weighted by Crippen LogP contribution is -2.20. The smallest absolute Gasteiger partial charge is 0.280 e. The molecule has 4 nitrogen and oxygen atoms in total. The van der Waals surface area contributed by atoms with E-state index in [9.17, 15) is 9.18 Å². The summed E-state index contributed by atoms with van der Waals surface area (Å²) >= 11 is 5.91. The number of nitrogens with zero attached hydrogens (tertiary/aromatic N) is 2. The zero-order chi connectivity index (χ0) is 20.1. The summed E-state index contributed by atoms with van der Waals surface area (Å²) in [5.41, 5.74) is 3.74. The molecule has 0 aliphatic heterocycles. The maximum Gasteiger partial charge on any atom is 0.280 e. The minimum absolute atomic E-state index is 0.164. The van der Waals surface area contributed by atoms with Gasteiger partial charge in [-0.3, -0.25) is 14.9 Å². The molecular formula is C22H23ClFN3O. The lowest BCUT2D eigenvalue weighted by atomic mass is 10.1. The van der Waals surface area contributed by atoms with Gasteiger partial charge in [0.15, 0.2) is 0 Å². The van der Waals surface area contributed by atoms with Crippen molar-refractivity contribution in [2.24, 2.45) is 4.99 Å². The molecule has 3 aromatic rings. The summed E-state index contributed by atoms with van der Waals surface area (Å²) in [4.78, 5) is 17.6. The number of aliphatic imine (C=N–C) groups is 1. The van der Waals surface area contributed by atoms with Crippen LogP contribution in [0.15, 0.2) is 58.3 Å². The fourth-order valence-electron chi connectivity index (χ4n) is 3.14. The number of aryl methyl sites for hydroxylation is 1. The first-order chi connectivity index (χ1) is 13.5. The van der Waals surface area contributed by atoms with E-state index in [1.165, 1.54) is 16.8 Å². The first kappa shape index (κ1) is 20.1. The molecule has 1 aromatic heterocycles. The van der Waals surface area contributed by atoms with Crippen molar-refractivity contribution in [3.63, 3.8) is 0 Å². The molecule has 28 heavy (non-hydrogen) atoms. The van der Waals surface area contributed by atoms with Gasteiger partial charge in [-0.1, -0.05) is 37.1 Å². The molecule has 0 fully saturated rings. The summed E-state index contributed by atoms with van der Waals surface area (Å²) in [5, 5.41) is 3.88. The summed E-state index contributed by atoms with van der Waals surface area (Å²) in [5.74, 6) is -0.336. The normalized spacial score (nSPS) is 11.8. The highest BCUT2D eigenvalue weighted by molar-refractivity contribution is 6.30. The SMILES string of the molecule is CCCc1[nH]n(-c2ccc(F)cc2)c(=O)c1C(C)=NCCc1ccc(Cl)cc1. The molecule has 0 saturated heterocycles. The molecule has 0 atom stereocenters. The molecule has 0 aliphatic carbocycles. The fourth-order valence-corrected chi connectivity index (χ4v) is 3.27. The lowest BCUT2D eigenvalue weighted by molar-refractivity contribution is 0.626. The minimum atomic E-state index is -0.336. The van der Waals surface area contributed by atoms with E-state index in [2.05, 4.69) is 17.0 Å². The second-order valence-corrected chi connectivity index (χ2v) is 7.11. The Labute approximate surface area is 168 Å². The van der Waals surface area contributed by atoms with Crippen LogP contribution in [0.3, 0.4) is 0 Å². The molecule has 0 unspecified atom stereocenters. The fraction of sp³-hybridized carbons (Fsp3) is 0.273. The Hall–Kier alpha value is -2.66. The Morgan fingerprint density at radius 3 is 2.43 bits per heavy atom. The van der Waals surface area contributed by atoms with Gasteiger partial charge in [-0.25, -0.2) is 9.07 Å². The van der Waals surface area contributed by atoms with Crippen LogP contribution in [0, 0.1) is 5.82 Å². The number of rotatable bonds is 7. The van der Waals surface area contributed by atoms with Crippen molar-refractivity contribution in [2.75, 3.05) is 6.54 Å². The molecule has 0 amide bonds. The highest BCUT2D eigenvalue weighted by atomic mass is 35.5. The monoisotopic (exact) mass is 399 g/mol. The summed E-state index contributed by atoms with van der Waals surface area (Å²) < 4.78 is 14.7. The quantitative estimate of drug-likeness (QED) is 0.561. The largest absolute Gasteiger partial charge is 0.294 e. The molecule has 0 spiro atoms. The summed E-state index contributed by atoms with van der Waals surface area (Å²) in [6, 6.07) is 13.5. The third-order valence-corrected chi connectivity index (χ3v) is 4.83. The van der Waals surface area contributed by atoms with Gasteiger partial charge < -0.3 is 0 Å². The number of hydrogen-bond acceptors (Lipinski definition) is 2. The molecule has 6 heteroatoms. The Bertz CT molecular complexity index is 1020. The highest BCUT2D eigenvalue weighted by Gasteiger charge is 2.17. The topological polar surface area (TPSA) is 50.1 Å². The van der Waals surface area contributed by atoms with Crippen LogP contribution in [0.4, 0.5) is 4.39 Å². The van der Waals surface area contributed by atoms with Crippen molar-refractivity contribution in [2.45, 2.75) is 33.1 Å². The number of halogens is 2.